The van der Waals surface area contributed by atoms with Crippen LogP contribution in [-0.4, -0.2) is 16.2 Å². The van der Waals surface area contributed by atoms with Crippen molar-refractivity contribution in [3.05, 3.63) is 60.0 Å². The van der Waals surface area contributed by atoms with Gasteiger partial charge in [-0.3, -0.25) is 15.1 Å². The lowest BCUT2D eigenvalue weighted by Gasteiger charge is -2.03. The summed E-state index contributed by atoms with van der Waals surface area (Å²) in [5.74, 6) is 0.0417. The minimum absolute atomic E-state index is 0.0417. The van der Waals surface area contributed by atoms with E-state index in [0.29, 0.717) is 15.7 Å². The number of nitro benzene ring substituents is 1. The highest BCUT2D eigenvalue weighted by Gasteiger charge is 2.09. The fraction of sp³-hybridized carbons (Fsp3) is 0. The van der Waals surface area contributed by atoms with Crippen LogP contribution in [0.15, 0.2) is 44.3 Å². The van der Waals surface area contributed by atoms with Crippen molar-refractivity contribution in [1.82, 2.24) is 0 Å². The first kappa shape index (κ1) is 15.9. The molecule has 2 rings (SSSR count). The molecule has 108 valence electrons. The third kappa shape index (κ3) is 3.81. The number of aromatic hydroxyl groups is 1. The summed E-state index contributed by atoms with van der Waals surface area (Å²) in [4.78, 5) is 14.2. The van der Waals surface area contributed by atoms with Crippen LogP contribution in [0.1, 0.15) is 5.56 Å². The number of benzene rings is 2. The Kier molecular flexibility index (Phi) is 4.97. The molecule has 0 saturated heterocycles. The maximum absolute atomic E-state index is 10.6. The molecular formula is C13H7Br2ClN2O3. The summed E-state index contributed by atoms with van der Waals surface area (Å²) in [5.41, 5.74) is 0.746. The molecule has 0 aromatic heterocycles. The minimum atomic E-state index is -0.531. The van der Waals surface area contributed by atoms with Crippen LogP contribution in [0.2, 0.25) is 5.02 Å². The molecule has 0 aliphatic rings. The van der Waals surface area contributed by atoms with E-state index in [0.717, 1.165) is 4.47 Å². The van der Waals surface area contributed by atoms with Crippen molar-refractivity contribution < 1.29 is 10.0 Å². The van der Waals surface area contributed by atoms with E-state index in [4.69, 9.17) is 11.6 Å². The van der Waals surface area contributed by atoms with E-state index in [9.17, 15) is 15.2 Å². The van der Waals surface area contributed by atoms with Crippen LogP contribution in [0.5, 0.6) is 5.75 Å². The fourth-order valence-electron chi connectivity index (χ4n) is 1.54. The smallest absolute Gasteiger partial charge is 0.271 e. The van der Waals surface area contributed by atoms with Crippen molar-refractivity contribution in [3.63, 3.8) is 0 Å². The second-order valence-electron chi connectivity index (χ2n) is 3.98. The van der Waals surface area contributed by atoms with Gasteiger partial charge in [0.1, 0.15) is 5.75 Å². The van der Waals surface area contributed by atoms with Crippen LogP contribution < -0.4 is 0 Å². The highest BCUT2D eigenvalue weighted by molar-refractivity contribution is 9.11. The predicted octanol–water partition coefficient (Wildman–Crippen LogP) is 5.23. The van der Waals surface area contributed by atoms with Gasteiger partial charge in [-0.15, -0.1) is 0 Å². The second kappa shape index (κ2) is 6.55. The number of hydrogen-bond donors (Lipinski definition) is 1. The Balaban J connectivity index is 2.36. The largest absolute Gasteiger partial charge is 0.506 e. The lowest BCUT2D eigenvalue weighted by Crippen LogP contribution is -1.87. The summed E-state index contributed by atoms with van der Waals surface area (Å²) in [5, 5.41) is 20.7. The number of phenols is 1. The standard InChI is InChI=1S/C13H7Br2ClN2O3/c14-8-3-7(13(19)10(15)4-8)6-17-12-2-1-9(18(20)21)5-11(12)16/h1-6,19H. The van der Waals surface area contributed by atoms with Crippen LogP contribution in [-0.2, 0) is 0 Å². The van der Waals surface area contributed by atoms with Gasteiger partial charge in [0.15, 0.2) is 0 Å². The van der Waals surface area contributed by atoms with Crippen LogP contribution in [0.25, 0.3) is 0 Å². The van der Waals surface area contributed by atoms with Gasteiger partial charge in [-0.05, 0) is 34.1 Å². The average molecular weight is 434 g/mol. The molecule has 0 fully saturated rings. The van der Waals surface area contributed by atoms with Gasteiger partial charge in [0.2, 0.25) is 0 Å². The number of nitro groups is 1. The Hall–Kier alpha value is -1.44. The molecule has 0 heterocycles. The summed E-state index contributed by atoms with van der Waals surface area (Å²) in [6.45, 7) is 0. The number of non-ortho nitro benzene ring substituents is 1. The Bertz CT molecular complexity index is 750. The number of phenolic OH excluding ortho intramolecular Hbond substituents is 1. The van der Waals surface area contributed by atoms with Crippen molar-refractivity contribution in [2.24, 2.45) is 4.99 Å². The van der Waals surface area contributed by atoms with Crippen molar-refractivity contribution in [3.8, 4) is 5.75 Å². The number of nitrogens with zero attached hydrogens (tertiary/aromatic N) is 2. The molecule has 5 nitrogen and oxygen atoms in total. The first-order valence-corrected chi connectivity index (χ1v) is 7.51. The van der Waals surface area contributed by atoms with E-state index in [2.05, 4.69) is 36.9 Å². The van der Waals surface area contributed by atoms with E-state index >= 15 is 0 Å². The van der Waals surface area contributed by atoms with Gasteiger partial charge in [0.25, 0.3) is 5.69 Å². The van der Waals surface area contributed by atoms with Gasteiger partial charge < -0.3 is 5.11 Å². The molecule has 0 aliphatic carbocycles. The lowest BCUT2D eigenvalue weighted by atomic mass is 10.2. The SMILES string of the molecule is O=[N+]([O-])c1ccc(N=Cc2cc(Br)cc(Br)c2O)c(Cl)c1. The monoisotopic (exact) mass is 432 g/mol. The first-order valence-electron chi connectivity index (χ1n) is 5.54. The van der Waals surface area contributed by atoms with E-state index in [1.54, 1.807) is 12.1 Å². The third-order valence-electron chi connectivity index (χ3n) is 2.54. The molecule has 1 N–H and O–H groups in total. The fourth-order valence-corrected chi connectivity index (χ4v) is 3.02. The van der Waals surface area contributed by atoms with Crippen LogP contribution >= 0.6 is 43.5 Å². The molecule has 2 aromatic rings. The van der Waals surface area contributed by atoms with Gasteiger partial charge in [-0.2, -0.15) is 0 Å². The van der Waals surface area contributed by atoms with Crippen molar-refractivity contribution in [2.45, 2.75) is 0 Å². The van der Waals surface area contributed by atoms with Crippen molar-refractivity contribution in [2.75, 3.05) is 0 Å². The van der Waals surface area contributed by atoms with Crippen LogP contribution in [0.3, 0.4) is 0 Å². The Morgan fingerprint density at radius 3 is 2.62 bits per heavy atom. The van der Waals surface area contributed by atoms with E-state index in [1.807, 2.05) is 0 Å². The summed E-state index contributed by atoms with van der Waals surface area (Å²) < 4.78 is 1.29. The highest BCUT2D eigenvalue weighted by Crippen LogP contribution is 2.32. The Morgan fingerprint density at radius 2 is 2.00 bits per heavy atom. The molecule has 0 spiro atoms. The molecular weight excluding hydrogens is 427 g/mol. The normalized spacial score (nSPS) is 11.0. The van der Waals surface area contributed by atoms with Crippen LogP contribution in [0, 0.1) is 10.1 Å². The molecule has 21 heavy (non-hydrogen) atoms. The zero-order valence-corrected chi connectivity index (χ0v) is 14.2. The van der Waals surface area contributed by atoms with E-state index in [1.165, 1.54) is 24.4 Å². The number of hydrogen-bond acceptors (Lipinski definition) is 4. The number of halogens is 3. The van der Waals surface area contributed by atoms with E-state index < -0.39 is 4.92 Å². The lowest BCUT2D eigenvalue weighted by molar-refractivity contribution is -0.384. The maximum Gasteiger partial charge on any atom is 0.271 e. The van der Waals surface area contributed by atoms with Gasteiger partial charge in [-0.25, -0.2) is 0 Å². The zero-order chi connectivity index (χ0) is 15.6. The highest BCUT2D eigenvalue weighted by atomic mass is 79.9. The maximum atomic E-state index is 10.6. The molecule has 0 atom stereocenters. The molecule has 2 aromatic carbocycles. The first-order chi connectivity index (χ1) is 9.88. The van der Waals surface area contributed by atoms with Gasteiger partial charge in [0, 0.05) is 28.4 Å². The molecule has 0 aliphatic heterocycles. The molecule has 8 heteroatoms. The third-order valence-corrected chi connectivity index (χ3v) is 3.91. The Morgan fingerprint density at radius 1 is 1.29 bits per heavy atom. The summed E-state index contributed by atoms with van der Waals surface area (Å²) in [6.07, 6.45) is 1.43. The topological polar surface area (TPSA) is 75.7 Å². The molecule has 0 amide bonds. The van der Waals surface area contributed by atoms with Crippen LogP contribution in [0.4, 0.5) is 11.4 Å². The summed E-state index contributed by atoms with van der Waals surface area (Å²) >= 11 is 12.5. The molecule has 0 radical (unpaired) electrons. The molecule has 0 bridgehead atoms. The quantitative estimate of drug-likeness (QED) is 0.408. The number of rotatable bonds is 3. The summed E-state index contributed by atoms with van der Waals surface area (Å²) in [7, 11) is 0. The van der Waals surface area contributed by atoms with Gasteiger partial charge in [-0.1, -0.05) is 27.5 Å². The Labute approximate surface area is 141 Å². The van der Waals surface area contributed by atoms with Gasteiger partial charge in [0.05, 0.1) is 20.1 Å². The molecule has 0 unspecified atom stereocenters. The average Bonchev–Trinajstić information content (AvgIpc) is 2.42. The molecule has 0 saturated carbocycles. The van der Waals surface area contributed by atoms with E-state index in [-0.39, 0.29) is 16.5 Å². The predicted molar refractivity (Wildman–Crippen MR) is 88.9 cm³/mol. The zero-order valence-electron chi connectivity index (χ0n) is 10.3. The minimum Gasteiger partial charge on any atom is -0.506 e. The van der Waals surface area contributed by atoms with Gasteiger partial charge >= 0.3 is 0 Å². The summed E-state index contributed by atoms with van der Waals surface area (Å²) in [6, 6.07) is 7.37. The number of aliphatic imine (C=N–C) groups is 1. The second-order valence-corrected chi connectivity index (χ2v) is 6.15. The van der Waals surface area contributed by atoms with Crippen molar-refractivity contribution >= 4 is 61.1 Å². The van der Waals surface area contributed by atoms with Crippen molar-refractivity contribution in [1.29, 1.82) is 0 Å².